The first-order chi connectivity index (χ1) is 17.5. The van der Waals surface area contributed by atoms with E-state index in [9.17, 15) is 14.9 Å². The van der Waals surface area contributed by atoms with Crippen LogP contribution in [-0.2, 0) is 22.6 Å². The summed E-state index contributed by atoms with van der Waals surface area (Å²) in [6.45, 7) is 0.546. The average molecular weight is 497 g/mol. The fraction of sp³-hybridized carbons (Fsp3) is 0.138. The topological polar surface area (TPSA) is 86.9 Å². The second kappa shape index (κ2) is 11.9. The van der Waals surface area contributed by atoms with Crippen molar-refractivity contribution in [2.75, 3.05) is 11.9 Å². The maximum Gasteiger partial charge on any atom is 0.261 e. The number of benzene rings is 3. The number of fused-ring (bicyclic) bond motifs is 1. The van der Waals surface area contributed by atoms with Gasteiger partial charge < -0.3 is 15.2 Å². The first-order valence-electron chi connectivity index (χ1n) is 11.6. The molecule has 7 heteroatoms. The van der Waals surface area contributed by atoms with Crippen molar-refractivity contribution < 1.29 is 9.59 Å². The number of halogens is 1. The third-order valence-corrected chi connectivity index (χ3v) is 5.95. The maximum absolute atomic E-state index is 12.7. The van der Waals surface area contributed by atoms with Gasteiger partial charge in [0.15, 0.2) is 0 Å². The molecule has 0 spiro atoms. The molecule has 0 aliphatic rings. The zero-order valence-electron chi connectivity index (χ0n) is 19.6. The summed E-state index contributed by atoms with van der Waals surface area (Å²) in [6.07, 6.45) is 4.98. The van der Waals surface area contributed by atoms with Crippen LogP contribution in [0.1, 0.15) is 17.5 Å². The summed E-state index contributed by atoms with van der Waals surface area (Å²) < 4.78 is 1.80. The number of para-hydroxylation sites is 1. The number of nitriles is 1. The van der Waals surface area contributed by atoms with Gasteiger partial charge in [-0.05, 0) is 54.8 Å². The van der Waals surface area contributed by atoms with E-state index in [4.69, 9.17) is 11.6 Å². The number of aromatic nitrogens is 1. The predicted octanol–water partition coefficient (Wildman–Crippen LogP) is 5.59. The fourth-order valence-electron chi connectivity index (χ4n) is 3.95. The summed E-state index contributed by atoms with van der Waals surface area (Å²) in [5.74, 6) is -0.617. The van der Waals surface area contributed by atoms with Crippen LogP contribution in [0.15, 0.2) is 90.6 Å². The summed E-state index contributed by atoms with van der Waals surface area (Å²) in [7, 11) is 0. The van der Waals surface area contributed by atoms with E-state index in [-0.39, 0.29) is 18.0 Å². The van der Waals surface area contributed by atoms with Crippen LogP contribution in [0.4, 0.5) is 5.69 Å². The molecule has 0 aliphatic carbocycles. The minimum Gasteiger partial charge on any atom is -0.351 e. The Morgan fingerprint density at radius 1 is 0.972 bits per heavy atom. The van der Waals surface area contributed by atoms with Crippen molar-refractivity contribution in [2.24, 2.45) is 0 Å². The molecule has 0 bridgehead atoms. The molecule has 4 rings (SSSR count). The van der Waals surface area contributed by atoms with Gasteiger partial charge in [0.25, 0.3) is 5.91 Å². The molecule has 0 unspecified atom stereocenters. The Labute approximate surface area is 214 Å². The Morgan fingerprint density at radius 3 is 2.44 bits per heavy atom. The van der Waals surface area contributed by atoms with E-state index < -0.39 is 5.91 Å². The lowest BCUT2D eigenvalue weighted by Gasteiger charge is -2.07. The molecule has 36 heavy (non-hydrogen) atoms. The average Bonchev–Trinajstić information content (AvgIpc) is 3.23. The summed E-state index contributed by atoms with van der Waals surface area (Å²) in [5, 5.41) is 16.8. The van der Waals surface area contributed by atoms with Crippen LogP contribution in [0.25, 0.3) is 17.0 Å². The SMILES string of the molecule is N#C/C(=C/c1cn(CC(=O)Nc2ccc(Cl)cc2)c2ccccc12)C(=O)NCCCc1ccccc1. The summed E-state index contributed by atoms with van der Waals surface area (Å²) in [4.78, 5) is 25.3. The lowest BCUT2D eigenvalue weighted by molar-refractivity contribution is -0.117. The van der Waals surface area contributed by atoms with Gasteiger partial charge >= 0.3 is 0 Å². The van der Waals surface area contributed by atoms with Crippen LogP contribution in [0, 0.1) is 11.3 Å². The largest absolute Gasteiger partial charge is 0.351 e. The number of anilines is 1. The summed E-state index contributed by atoms with van der Waals surface area (Å²) >= 11 is 5.91. The molecular formula is C29H25ClN4O2. The first-order valence-corrected chi connectivity index (χ1v) is 12.0. The minimum atomic E-state index is -0.414. The number of aryl methyl sites for hydroxylation is 1. The number of hydrogen-bond donors (Lipinski definition) is 2. The van der Waals surface area contributed by atoms with Gasteiger partial charge in [-0.1, -0.05) is 60.1 Å². The molecule has 0 fully saturated rings. The van der Waals surface area contributed by atoms with E-state index in [0.717, 1.165) is 23.7 Å². The second-order valence-electron chi connectivity index (χ2n) is 8.30. The quantitative estimate of drug-likeness (QED) is 0.180. The Hall–Kier alpha value is -4.34. The van der Waals surface area contributed by atoms with Crippen molar-refractivity contribution in [1.29, 1.82) is 5.26 Å². The molecule has 2 amide bonds. The zero-order chi connectivity index (χ0) is 25.3. The first kappa shape index (κ1) is 24.8. The van der Waals surface area contributed by atoms with Gasteiger partial charge in [0, 0.05) is 39.9 Å². The normalized spacial score (nSPS) is 11.2. The molecule has 0 saturated heterocycles. The predicted molar refractivity (Wildman–Crippen MR) is 143 cm³/mol. The molecule has 6 nitrogen and oxygen atoms in total. The minimum absolute atomic E-state index is 0.0169. The van der Waals surface area contributed by atoms with Crippen LogP contribution < -0.4 is 10.6 Å². The van der Waals surface area contributed by atoms with Gasteiger partial charge in [-0.2, -0.15) is 5.26 Å². The summed E-state index contributed by atoms with van der Waals surface area (Å²) in [6, 6.07) is 26.5. The molecule has 1 heterocycles. The van der Waals surface area contributed by atoms with Crippen LogP contribution in [-0.4, -0.2) is 22.9 Å². The number of nitrogens with one attached hydrogen (secondary N) is 2. The molecule has 2 N–H and O–H groups in total. The highest BCUT2D eigenvalue weighted by Gasteiger charge is 2.14. The number of hydrogen-bond acceptors (Lipinski definition) is 3. The van der Waals surface area contributed by atoms with Crippen molar-refractivity contribution in [3.05, 3.63) is 107 Å². The third kappa shape index (κ3) is 6.41. The molecule has 1 aromatic heterocycles. The van der Waals surface area contributed by atoms with Crippen LogP contribution in [0.3, 0.4) is 0 Å². The van der Waals surface area contributed by atoms with E-state index in [1.807, 2.05) is 60.7 Å². The van der Waals surface area contributed by atoms with Crippen molar-refractivity contribution in [3.8, 4) is 6.07 Å². The Balaban J connectivity index is 1.45. The van der Waals surface area contributed by atoms with E-state index >= 15 is 0 Å². The molecule has 0 radical (unpaired) electrons. The Bertz CT molecular complexity index is 1430. The number of carbonyl (C=O) groups is 2. The number of rotatable bonds is 9. The Kier molecular flexibility index (Phi) is 8.17. The molecule has 180 valence electrons. The molecule has 0 aliphatic heterocycles. The number of amides is 2. The van der Waals surface area contributed by atoms with Crippen molar-refractivity contribution in [1.82, 2.24) is 9.88 Å². The van der Waals surface area contributed by atoms with Crippen LogP contribution >= 0.6 is 11.6 Å². The smallest absolute Gasteiger partial charge is 0.261 e. The molecular weight excluding hydrogens is 472 g/mol. The van der Waals surface area contributed by atoms with Crippen molar-refractivity contribution in [3.63, 3.8) is 0 Å². The third-order valence-electron chi connectivity index (χ3n) is 5.70. The van der Waals surface area contributed by atoms with Gasteiger partial charge in [0.2, 0.25) is 5.91 Å². The molecule has 0 atom stereocenters. The Morgan fingerprint density at radius 2 is 1.69 bits per heavy atom. The van der Waals surface area contributed by atoms with E-state index in [1.54, 1.807) is 41.1 Å². The van der Waals surface area contributed by atoms with Crippen molar-refractivity contribution >= 4 is 46.1 Å². The molecule has 3 aromatic carbocycles. The lowest BCUT2D eigenvalue weighted by atomic mass is 10.1. The number of carbonyl (C=O) groups excluding carboxylic acids is 2. The monoisotopic (exact) mass is 496 g/mol. The van der Waals surface area contributed by atoms with E-state index in [1.165, 1.54) is 5.56 Å². The zero-order valence-corrected chi connectivity index (χ0v) is 20.3. The van der Waals surface area contributed by atoms with Crippen molar-refractivity contribution in [2.45, 2.75) is 19.4 Å². The van der Waals surface area contributed by atoms with Crippen LogP contribution in [0.5, 0.6) is 0 Å². The lowest BCUT2D eigenvalue weighted by Crippen LogP contribution is -2.25. The van der Waals surface area contributed by atoms with E-state index in [0.29, 0.717) is 22.8 Å². The maximum atomic E-state index is 12.7. The van der Waals surface area contributed by atoms with Gasteiger partial charge in [0.1, 0.15) is 18.2 Å². The van der Waals surface area contributed by atoms with Gasteiger partial charge in [-0.3, -0.25) is 9.59 Å². The summed E-state index contributed by atoms with van der Waals surface area (Å²) in [5.41, 5.74) is 3.40. The highest BCUT2D eigenvalue weighted by Crippen LogP contribution is 2.24. The van der Waals surface area contributed by atoms with Gasteiger partial charge in [0.05, 0.1) is 0 Å². The van der Waals surface area contributed by atoms with Gasteiger partial charge in [-0.15, -0.1) is 0 Å². The highest BCUT2D eigenvalue weighted by molar-refractivity contribution is 6.30. The highest BCUT2D eigenvalue weighted by atomic mass is 35.5. The molecule has 0 saturated carbocycles. The second-order valence-corrected chi connectivity index (χ2v) is 8.74. The number of nitrogens with zero attached hydrogens (tertiary/aromatic N) is 2. The fourth-order valence-corrected chi connectivity index (χ4v) is 4.07. The van der Waals surface area contributed by atoms with Crippen LogP contribution in [0.2, 0.25) is 5.02 Å². The standard InChI is InChI=1S/C29H25ClN4O2/c30-24-12-14-25(15-13-24)33-28(35)20-34-19-23(26-10-4-5-11-27(26)34)17-22(18-31)29(36)32-16-6-9-21-7-2-1-3-8-21/h1-5,7-8,10-15,17,19H,6,9,16,20H2,(H,32,36)(H,33,35)/b22-17-. The van der Waals surface area contributed by atoms with Gasteiger partial charge in [-0.25, -0.2) is 0 Å². The van der Waals surface area contributed by atoms with E-state index in [2.05, 4.69) is 10.6 Å². The molecule has 4 aromatic rings.